The van der Waals surface area contributed by atoms with Gasteiger partial charge in [-0.2, -0.15) is 0 Å². The molecule has 0 heterocycles. The molecule has 6 rings (SSSR count). The molecule has 0 radical (unpaired) electrons. The van der Waals surface area contributed by atoms with E-state index in [-0.39, 0.29) is 43.2 Å². The minimum absolute atomic E-state index is 0.0119. The van der Waals surface area contributed by atoms with Crippen molar-refractivity contribution in [2.24, 2.45) is 0 Å². The minimum Gasteiger partial charge on any atom is -0.482 e. The SMILES string of the molecule is C=CCOC(=O)COc1cccc(COC(=O)c2cccc(C(=O)c3ccccc3)c2NC(=O)OCc2cccc3c2Cc2ccccc2-3)c1. The maximum absolute atomic E-state index is 13.6. The van der Waals surface area contributed by atoms with Crippen LogP contribution in [0.5, 0.6) is 5.75 Å². The Labute approximate surface area is 289 Å². The predicted octanol–water partition coefficient (Wildman–Crippen LogP) is 7.70. The Kier molecular flexibility index (Phi) is 10.4. The van der Waals surface area contributed by atoms with Crippen LogP contribution in [-0.4, -0.2) is 37.0 Å². The summed E-state index contributed by atoms with van der Waals surface area (Å²) in [5.74, 6) is -1.35. The molecule has 0 fully saturated rings. The van der Waals surface area contributed by atoms with E-state index in [1.165, 1.54) is 23.8 Å². The lowest BCUT2D eigenvalue weighted by Crippen LogP contribution is -2.20. The number of nitrogens with one attached hydrogen (secondary N) is 1. The fraction of sp³-hybridized carbons (Fsp3) is 0.122. The average molecular weight is 668 g/mol. The molecule has 50 heavy (non-hydrogen) atoms. The van der Waals surface area contributed by atoms with Crippen molar-refractivity contribution in [1.82, 2.24) is 0 Å². The molecule has 1 aliphatic rings. The zero-order valence-electron chi connectivity index (χ0n) is 27.1. The maximum atomic E-state index is 13.6. The molecule has 0 saturated heterocycles. The van der Waals surface area contributed by atoms with Crippen LogP contribution in [0.2, 0.25) is 0 Å². The smallest absolute Gasteiger partial charge is 0.411 e. The number of benzene rings is 5. The summed E-state index contributed by atoms with van der Waals surface area (Å²) in [6.07, 6.45) is 1.35. The van der Waals surface area contributed by atoms with Crippen LogP contribution < -0.4 is 10.1 Å². The Morgan fingerprint density at radius 1 is 0.720 bits per heavy atom. The molecule has 0 aliphatic heterocycles. The van der Waals surface area contributed by atoms with Gasteiger partial charge in [0, 0.05) is 11.1 Å². The lowest BCUT2D eigenvalue weighted by molar-refractivity contribution is -0.144. The molecule has 0 atom stereocenters. The van der Waals surface area contributed by atoms with Gasteiger partial charge in [0.25, 0.3) is 0 Å². The molecule has 5 aromatic carbocycles. The van der Waals surface area contributed by atoms with Gasteiger partial charge < -0.3 is 18.9 Å². The second-order valence-electron chi connectivity index (χ2n) is 11.4. The normalized spacial score (nSPS) is 11.0. The first-order valence-electron chi connectivity index (χ1n) is 15.9. The molecule has 1 N–H and O–H groups in total. The molecule has 5 aromatic rings. The number of hydrogen-bond acceptors (Lipinski definition) is 8. The highest BCUT2D eigenvalue weighted by molar-refractivity contribution is 6.16. The number of carbonyl (C=O) groups excluding carboxylic acids is 4. The van der Waals surface area contributed by atoms with Crippen LogP contribution in [0.1, 0.15) is 48.5 Å². The van der Waals surface area contributed by atoms with Gasteiger partial charge in [0.15, 0.2) is 12.4 Å². The molecule has 9 heteroatoms. The second-order valence-corrected chi connectivity index (χ2v) is 11.4. The summed E-state index contributed by atoms with van der Waals surface area (Å²) in [5, 5.41) is 2.66. The molecule has 0 aromatic heterocycles. The number of fused-ring (bicyclic) bond motifs is 3. The van der Waals surface area contributed by atoms with Crippen LogP contribution >= 0.6 is 0 Å². The Balaban J connectivity index is 1.18. The number of para-hydroxylation sites is 1. The quantitative estimate of drug-likeness (QED) is 0.0576. The third-order valence-electron chi connectivity index (χ3n) is 8.09. The number of anilines is 1. The van der Waals surface area contributed by atoms with Gasteiger partial charge in [-0.25, -0.2) is 14.4 Å². The van der Waals surface area contributed by atoms with Crippen molar-refractivity contribution in [2.75, 3.05) is 18.5 Å². The molecular formula is C41H33NO8. The number of esters is 2. The lowest BCUT2D eigenvalue weighted by atomic mass is 9.98. The van der Waals surface area contributed by atoms with Crippen molar-refractivity contribution in [1.29, 1.82) is 0 Å². The minimum atomic E-state index is -0.836. The van der Waals surface area contributed by atoms with Gasteiger partial charge in [0.1, 0.15) is 25.6 Å². The zero-order chi connectivity index (χ0) is 34.9. The van der Waals surface area contributed by atoms with Gasteiger partial charge in [-0.1, -0.05) is 104 Å². The average Bonchev–Trinajstić information content (AvgIpc) is 3.54. The van der Waals surface area contributed by atoms with E-state index in [1.54, 1.807) is 60.7 Å². The number of ketones is 1. The summed E-state index contributed by atoms with van der Waals surface area (Å²) in [5.41, 5.74) is 6.42. The fourth-order valence-corrected chi connectivity index (χ4v) is 5.72. The van der Waals surface area contributed by atoms with Crippen LogP contribution in [0, 0.1) is 0 Å². The highest BCUT2D eigenvalue weighted by Crippen LogP contribution is 2.38. The number of rotatable bonds is 13. The molecule has 0 saturated carbocycles. The Morgan fingerprint density at radius 2 is 1.46 bits per heavy atom. The molecule has 1 amide bonds. The lowest BCUT2D eigenvalue weighted by Gasteiger charge is -2.16. The predicted molar refractivity (Wildman–Crippen MR) is 187 cm³/mol. The van der Waals surface area contributed by atoms with Crippen molar-refractivity contribution in [3.63, 3.8) is 0 Å². The molecule has 0 spiro atoms. The van der Waals surface area contributed by atoms with E-state index in [9.17, 15) is 19.2 Å². The van der Waals surface area contributed by atoms with E-state index in [0.29, 0.717) is 16.9 Å². The van der Waals surface area contributed by atoms with Gasteiger partial charge in [-0.15, -0.1) is 0 Å². The van der Waals surface area contributed by atoms with Crippen molar-refractivity contribution >= 4 is 29.5 Å². The van der Waals surface area contributed by atoms with Crippen LogP contribution in [0.15, 0.2) is 128 Å². The number of hydrogen-bond donors (Lipinski definition) is 1. The summed E-state index contributed by atoms with van der Waals surface area (Å²) >= 11 is 0. The highest BCUT2D eigenvalue weighted by Gasteiger charge is 2.25. The van der Waals surface area contributed by atoms with E-state index in [1.807, 2.05) is 24.3 Å². The monoisotopic (exact) mass is 667 g/mol. The largest absolute Gasteiger partial charge is 0.482 e. The van der Waals surface area contributed by atoms with Crippen molar-refractivity contribution < 1.29 is 38.1 Å². The topological polar surface area (TPSA) is 117 Å². The molecule has 0 bridgehead atoms. The Morgan fingerprint density at radius 3 is 2.30 bits per heavy atom. The van der Waals surface area contributed by atoms with Gasteiger partial charge in [-0.05, 0) is 64.1 Å². The summed E-state index contributed by atoms with van der Waals surface area (Å²) < 4.78 is 21.7. The van der Waals surface area contributed by atoms with Crippen molar-refractivity contribution in [3.05, 3.63) is 167 Å². The van der Waals surface area contributed by atoms with E-state index in [4.69, 9.17) is 18.9 Å². The van der Waals surface area contributed by atoms with E-state index < -0.39 is 23.8 Å². The Bertz CT molecular complexity index is 2070. The maximum Gasteiger partial charge on any atom is 0.411 e. The zero-order valence-corrected chi connectivity index (χ0v) is 27.1. The summed E-state index contributed by atoms with van der Waals surface area (Å²) in [6, 6.07) is 33.9. The summed E-state index contributed by atoms with van der Waals surface area (Å²) in [6.45, 7) is 3.11. The third kappa shape index (κ3) is 7.79. The van der Waals surface area contributed by atoms with Crippen LogP contribution in [-0.2, 0) is 38.6 Å². The fourth-order valence-electron chi connectivity index (χ4n) is 5.72. The molecule has 1 aliphatic carbocycles. The van der Waals surface area contributed by atoms with E-state index >= 15 is 0 Å². The first-order valence-corrected chi connectivity index (χ1v) is 15.9. The standard InChI is InChI=1S/C41H33NO8/c1-2-21-47-37(43)26-48-31-16-8-11-27(22-31)24-49-40(45)35-20-10-19-34(39(44)28-12-4-3-5-13-28)38(35)42-41(46)50-25-30-15-9-18-33-32-17-7-6-14-29(32)23-36(30)33/h2-20,22H,1,21,23-26H2,(H,42,46). The molecule has 9 nitrogen and oxygen atoms in total. The van der Waals surface area contributed by atoms with Crippen LogP contribution in [0.25, 0.3) is 11.1 Å². The summed E-state index contributed by atoms with van der Waals surface area (Å²) in [7, 11) is 0. The highest BCUT2D eigenvalue weighted by atomic mass is 16.6. The van der Waals surface area contributed by atoms with Crippen molar-refractivity contribution in [2.45, 2.75) is 19.6 Å². The first-order chi connectivity index (χ1) is 24.4. The Hall–Kier alpha value is -6.48. The van der Waals surface area contributed by atoms with Crippen LogP contribution in [0.3, 0.4) is 0 Å². The van der Waals surface area contributed by atoms with Crippen molar-refractivity contribution in [3.8, 4) is 16.9 Å². The van der Waals surface area contributed by atoms with Gasteiger partial charge >= 0.3 is 18.0 Å². The molecule has 250 valence electrons. The summed E-state index contributed by atoms with van der Waals surface area (Å²) in [4.78, 5) is 52.3. The van der Waals surface area contributed by atoms with E-state index in [0.717, 1.165) is 28.7 Å². The number of carbonyl (C=O) groups is 4. The molecular weight excluding hydrogens is 634 g/mol. The van der Waals surface area contributed by atoms with E-state index in [2.05, 4.69) is 30.1 Å². The van der Waals surface area contributed by atoms with Gasteiger partial charge in [-0.3, -0.25) is 10.1 Å². The second kappa shape index (κ2) is 15.6. The van der Waals surface area contributed by atoms with Crippen LogP contribution in [0.4, 0.5) is 10.5 Å². The number of amides is 1. The first kappa shape index (κ1) is 33.4. The van der Waals surface area contributed by atoms with Gasteiger partial charge in [0.2, 0.25) is 0 Å². The van der Waals surface area contributed by atoms with Gasteiger partial charge in [0.05, 0.1) is 11.3 Å². The molecule has 0 unspecified atom stereocenters. The number of ether oxygens (including phenoxy) is 4. The third-order valence-corrected chi connectivity index (χ3v) is 8.09.